The van der Waals surface area contributed by atoms with Gasteiger partial charge in [-0.05, 0) is 6.07 Å². The minimum Gasteiger partial charge on any atom is -0.274 e. The molecule has 0 atom stereocenters. The van der Waals surface area contributed by atoms with E-state index < -0.39 is 0 Å². The maximum absolute atomic E-state index is 8.59. The van der Waals surface area contributed by atoms with E-state index in [0.29, 0.717) is 5.69 Å². The van der Waals surface area contributed by atoms with E-state index in [1.807, 2.05) is 6.07 Å². The van der Waals surface area contributed by atoms with Crippen molar-refractivity contribution in [2.75, 3.05) is 0 Å². The molecule has 0 aliphatic carbocycles. The molecule has 0 amide bonds. The molecule has 0 saturated heterocycles. The fourth-order valence-electron chi connectivity index (χ4n) is 0.917. The lowest BCUT2D eigenvalue weighted by Crippen LogP contribution is -1.87. The largest absolute Gasteiger partial charge is 0.274 e. The first-order valence-electron chi connectivity index (χ1n) is 3.09. The zero-order valence-corrected chi connectivity index (χ0v) is 5.60. The van der Waals surface area contributed by atoms with E-state index in [1.54, 1.807) is 23.0 Å². The summed E-state index contributed by atoms with van der Waals surface area (Å²) < 4.78 is 1.64. The van der Waals surface area contributed by atoms with Crippen molar-refractivity contribution in [3.8, 4) is 6.07 Å². The third-order valence-electron chi connectivity index (χ3n) is 1.43. The van der Waals surface area contributed by atoms with Crippen molar-refractivity contribution in [1.29, 1.82) is 5.26 Å². The Labute approximate surface area is 62.7 Å². The Bertz CT molecular complexity index is 423. The number of imidazole rings is 1. The predicted molar refractivity (Wildman–Crippen MR) is 37.7 cm³/mol. The molecular formula is C7H4N4. The molecule has 0 spiro atoms. The van der Waals surface area contributed by atoms with Gasteiger partial charge in [0.05, 0.1) is 6.20 Å². The maximum Gasteiger partial charge on any atom is 0.145 e. The number of nitriles is 1. The first-order valence-corrected chi connectivity index (χ1v) is 3.09. The van der Waals surface area contributed by atoms with Crippen LogP contribution in [0.2, 0.25) is 0 Å². The van der Waals surface area contributed by atoms with Crippen LogP contribution in [-0.4, -0.2) is 14.4 Å². The van der Waals surface area contributed by atoms with Gasteiger partial charge in [-0.15, -0.1) is 0 Å². The molecule has 0 radical (unpaired) electrons. The molecule has 2 aromatic rings. The summed E-state index contributed by atoms with van der Waals surface area (Å²) >= 11 is 0. The third-order valence-corrected chi connectivity index (χ3v) is 1.43. The van der Waals surface area contributed by atoms with Crippen LogP contribution in [0.15, 0.2) is 24.8 Å². The summed E-state index contributed by atoms with van der Waals surface area (Å²) in [4.78, 5) is 7.86. The van der Waals surface area contributed by atoms with Gasteiger partial charge in [-0.1, -0.05) is 0 Å². The van der Waals surface area contributed by atoms with Crippen molar-refractivity contribution in [3.05, 3.63) is 30.5 Å². The Morgan fingerprint density at radius 3 is 3.27 bits per heavy atom. The van der Waals surface area contributed by atoms with E-state index in [1.165, 1.54) is 6.20 Å². The SMILES string of the molecule is N#Cc1cnc2ccncn12. The lowest BCUT2D eigenvalue weighted by molar-refractivity contribution is 1.07. The highest BCUT2D eigenvalue weighted by Gasteiger charge is 1.98. The zero-order valence-electron chi connectivity index (χ0n) is 5.60. The highest BCUT2D eigenvalue weighted by molar-refractivity contribution is 5.41. The second-order valence-corrected chi connectivity index (χ2v) is 2.06. The lowest BCUT2D eigenvalue weighted by atomic mass is 10.5. The van der Waals surface area contributed by atoms with E-state index in [0.717, 1.165) is 5.65 Å². The van der Waals surface area contributed by atoms with Crippen LogP contribution in [-0.2, 0) is 0 Å². The summed E-state index contributed by atoms with van der Waals surface area (Å²) in [5.74, 6) is 0. The lowest BCUT2D eigenvalue weighted by Gasteiger charge is -1.89. The van der Waals surface area contributed by atoms with Crippen LogP contribution in [0.3, 0.4) is 0 Å². The Balaban J connectivity index is 2.89. The molecule has 11 heavy (non-hydrogen) atoms. The molecule has 0 aliphatic heterocycles. The van der Waals surface area contributed by atoms with Crippen LogP contribution in [0.5, 0.6) is 0 Å². The number of rotatable bonds is 0. The quantitative estimate of drug-likeness (QED) is 0.544. The fraction of sp³-hybridized carbons (Fsp3) is 0. The molecule has 0 bridgehead atoms. The molecule has 0 aliphatic rings. The van der Waals surface area contributed by atoms with Crippen LogP contribution in [0.1, 0.15) is 5.69 Å². The number of hydrogen-bond acceptors (Lipinski definition) is 3. The first kappa shape index (κ1) is 5.86. The van der Waals surface area contributed by atoms with Gasteiger partial charge in [-0.2, -0.15) is 5.26 Å². The monoisotopic (exact) mass is 144 g/mol. The standard InChI is InChI=1S/C7H4N4/c8-3-6-4-10-7-1-2-9-5-11(6)7/h1-2,4-5H. The maximum atomic E-state index is 8.59. The molecule has 52 valence electrons. The van der Waals surface area contributed by atoms with E-state index in [9.17, 15) is 0 Å². The summed E-state index contributed by atoms with van der Waals surface area (Å²) in [6.07, 6.45) is 4.74. The van der Waals surface area contributed by atoms with E-state index in [4.69, 9.17) is 5.26 Å². The Kier molecular flexibility index (Phi) is 1.10. The summed E-state index contributed by atoms with van der Waals surface area (Å²) in [5.41, 5.74) is 1.25. The average Bonchev–Trinajstić information content (AvgIpc) is 2.47. The van der Waals surface area contributed by atoms with Crippen molar-refractivity contribution in [1.82, 2.24) is 14.4 Å². The smallest absolute Gasteiger partial charge is 0.145 e. The van der Waals surface area contributed by atoms with Crippen LogP contribution >= 0.6 is 0 Å². The van der Waals surface area contributed by atoms with Crippen molar-refractivity contribution in [3.63, 3.8) is 0 Å². The van der Waals surface area contributed by atoms with Gasteiger partial charge >= 0.3 is 0 Å². The van der Waals surface area contributed by atoms with Gasteiger partial charge in [-0.3, -0.25) is 4.40 Å². The fourth-order valence-corrected chi connectivity index (χ4v) is 0.917. The Morgan fingerprint density at radius 1 is 1.55 bits per heavy atom. The van der Waals surface area contributed by atoms with Crippen LogP contribution in [0, 0.1) is 11.3 Å². The number of hydrogen-bond donors (Lipinski definition) is 0. The van der Waals surface area contributed by atoms with Gasteiger partial charge in [0.2, 0.25) is 0 Å². The summed E-state index contributed by atoms with van der Waals surface area (Å²) in [6.45, 7) is 0. The second kappa shape index (κ2) is 2.06. The molecule has 0 N–H and O–H groups in total. The number of nitrogens with zero attached hydrogens (tertiary/aromatic N) is 4. The van der Waals surface area contributed by atoms with Gasteiger partial charge < -0.3 is 0 Å². The molecular weight excluding hydrogens is 140 g/mol. The minimum atomic E-state index is 0.508. The molecule has 2 heterocycles. The predicted octanol–water partition coefficient (Wildman–Crippen LogP) is 0.601. The topological polar surface area (TPSA) is 54.0 Å². The highest BCUT2D eigenvalue weighted by atomic mass is 15.0. The second-order valence-electron chi connectivity index (χ2n) is 2.06. The zero-order chi connectivity index (χ0) is 7.68. The first-order chi connectivity index (χ1) is 5.42. The van der Waals surface area contributed by atoms with E-state index in [2.05, 4.69) is 9.97 Å². The Morgan fingerprint density at radius 2 is 2.45 bits per heavy atom. The van der Waals surface area contributed by atoms with Gasteiger partial charge in [0.25, 0.3) is 0 Å². The van der Waals surface area contributed by atoms with E-state index >= 15 is 0 Å². The molecule has 4 heteroatoms. The molecule has 4 nitrogen and oxygen atoms in total. The molecule has 0 unspecified atom stereocenters. The van der Waals surface area contributed by atoms with E-state index in [-0.39, 0.29) is 0 Å². The molecule has 2 aromatic heterocycles. The highest BCUT2D eigenvalue weighted by Crippen LogP contribution is 2.01. The van der Waals surface area contributed by atoms with Crippen LogP contribution in [0.25, 0.3) is 5.65 Å². The molecule has 2 rings (SSSR count). The van der Waals surface area contributed by atoms with Gasteiger partial charge in [0.1, 0.15) is 23.7 Å². The van der Waals surface area contributed by atoms with Crippen molar-refractivity contribution >= 4 is 5.65 Å². The number of aromatic nitrogens is 3. The van der Waals surface area contributed by atoms with Gasteiger partial charge in [-0.25, -0.2) is 9.97 Å². The normalized spacial score (nSPS) is 9.73. The summed E-state index contributed by atoms with van der Waals surface area (Å²) in [7, 11) is 0. The van der Waals surface area contributed by atoms with Gasteiger partial charge in [0, 0.05) is 6.20 Å². The van der Waals surface area contributed by atoms with Crippen molar-refractivity contribution in [2.45, 2.75) is 0 Å². The van der Waals surface area contributed by atoms with Crippen LogP contribution < -0.4 is 0 Å². The van der Waals surface area contributed by atoms with Crippen molar-refractivity contribution in [2.24, 2.45) is 0 Å². The summed E-state index contributed by atoms with van der Waals surface area (Å²) in [5, 5.41) is 8.59. The minimum absolute atomic E-state index is 0.508. The summed E-state index contributed by atoms with van der Waals surface area (Å²) in [6, 6.07) is 3.76. The third kappa shape index (κ3) is 0.749. The average molecular weight is 144 g/mol. The number of fused-ring (bicyclic) bond motifs is 1. The molecule has 0 fully saturated rings. The Hall–Kier alpha value is -1.89. The van der Waals surface area contributed by atoms with Crippen LogP contribution in [0.4, 0.5) is 0 Å². The molecule has 0 aromatic carbocycles. The van der Waals surface area contributed by atoms with Crippen molar-refractivity contribution < 1.29 is 0 Å². The molecule has 0 saturated carbocycles. The van der Waals surface area contributed by atoms with Gasteiger partial charge in [0.15, 0.2) is 0 Å².